The van der Waals surface area contributed by atoms with Crippen LogP contribution in [-0.2, 0) is 13.6 Å². The molecule has 1 aromatic carbocycles. The van der Waals surface area contributed by atoms with E-state index in [2.05, 4.69) is 5.09 Å². The van der Waals surface area contributed by atoms with Crippen molar-refractivity contribution in [3.8, 4) is 0 Å². The highest BCUT2D eigenvalue weighted by Gasteiger charge is 2.37. The monoisotopic (exact) mass is 260 g/mol. The Kier molecular flexibility index (Phi) is 3.23. The summed E-state index contributed by atoms with van der Waals surface area (Å²) in [4.78, 5) is 0. The average molecular weight is 260 g/mol. The van der Waals surface area contributed by atoms with Gasteiger partial charge < -0.3 is 5.73 Å². The standard InChI is InChI=1S/C10H14FN2O3P/c1-10(12)6-15-17(14,16-7-10)13-9-4-2-8(11)3-5-9/h2-5H,6-7,12H2,1H3,(H,13,14). The highest BCUT2D eigenvalue weighted by Crippen LogP contribution is 2.51. The number of hydrogen-bond acceptors (Lipinski definition) is 4. The summed E-state index contributed by atoms with van der Waals surface area (Å²) in [6.07, 6.45) is 0. The SMILES string of the molecule is CC1(N)COP(=O)(Nc2ccc(F)cc2)OC1. The number of nitrogens with two attached hydrogens (primary N) is 1. The number of anilines is 1. The molecule has 5 nitrogen and oxygen atoms in total. The molecule has 1 aliphatic rings. The number of nitrogens with one attached hydrogen (secondary N) is 1. The van der Waals surface area contributed by atoms with Crippen molar-refractivity contribution in [2.45, 2.75) is 12.5 Å². The Balaban J connectivity index is 2.04. The minimum absolute atomic E-state index is 0.137. The van der Waals surface area contributed by atoms with Crippen molar-refractivity contribution in [1.29, 1.82) is 0 Å². The Bertz CT molecular complexity index is 435. The third-order valence-corrected chi connectivity index (χ3v) is 3.71. The molecule has 1 fully saturated rings. The molecule has 0 radical (unpaired) electrons. The summed E-state index contributed by atoms with van der Waals surface area (Å²) in [5, 5.41) is 2.61. The molecule has 0 atom stereocenters. The van der Waals surface area contributed by atoms with E-state index in [1.807, 2.05) is 0 Å². The summed E-state index contributed by atoms with van der Waals surface area (Å²) >= 11 is 0. The van der Waals surface area contributed by atoms with Gasteiger partial charge in [-0.25, -0.2) is 8.96 Å². The van der Waals surface area contributed by atoms with Gasteiger partial charge in [0.15, 0.2) is 0 Å². The van der Waals surface area contributed by atoms with Crippen LogP contribution in [0.25, 0.3) is 0 Å². The molecule has 7 heteroatoms. The molecule has 0 bridgehead atoms. The number of rotatable bonds is 2. The van der Waals surface area contributed by atoms with Gasteiger partial charge in [-0.1, -0.05) is 0 Å². The predicted octanol–water partition coefficient (Wildman–Crippen LogP) is 2.11. The van der Waals surface area contributed by atoms with E-state index in [1.165, 1.54) is 24.3 Å². The zero-order valence-electron chi connectivity index (χ0n) is 9.35. The van der Waals surface area contributed by atoms with Crippen molar-refractivity contribution in [3.05, 3.63) is 30.1 Å². The molecular formula is C10H14FN2O3P. The van der Waals surface area contributed by atoms with E-state index in [9.17, 15) is 8.96 Å². The first-order chi connectivity index (χ1) is 7.89. The third kappa shape index (κ3) is 3.26. The Morgan fingerprint density at radius 2 is 1.88 bits per heavy atom. The molecule has 0 aromatic heterocycles. The average Bonchev–Trinajstić information content (AvgIpc) is 2.27. The number of halogens is 1. The normalized spacial score (nSPS) is 33.4. The zero-order chi connectivity index (χ0) is 12.5. The first-order valence-corrected chi connectivity index (χ1v) is 6.65. The van der Waals surface area contributed by atoms with Gasteiger partial charge in [-0.15, -0.1) is 0 Å². The van der Waals surface area contributed by atoms with Crippen molar-refractivity contribution in [2.24, 2.45) is 5.73 Å². The quantitative estimate of drug-likeness (QED) is 0.797. The maximum Gasteiger partial charge on any atom is 0.432 e. The highest BCUT2D eigenvalue weighted by molar-refractivity contribution is 7.55. The van der Waals surface area contributed by atoms with Crippen LogP contribution in [0.5, 0.6) is 0 Å². The molecular weight excluding hydrogens is 246 g/mol. The molecule has 2 rings (SSSR count). The van der Waals surface area contributed by atoms with E-state index in [0.717, 1.165) is 0 Å². The molecule has 3 N–H and O–H groups in total. The fraction of sp³-hybridized carbons (Fsp3) is 0.400. The van der Waals surface area contributed by atoms with Crippen molar-refractivity contribution in [3.63, 3.8) is 0 Å². The molecule has 1 aliphatic heterocycles. The summed E-state index contributed by atoms with van der Waals surface area (Å²) in [6.45, 7) is 2.02. The van der Waals surface area contributed by atoms with Crippen molar-refractivity contribution >= 4 is 13.4 Å². The van der Waals surface area contributed by atoms with Gasteiger partial charge in [-0.05, 0) is 31.2 Å². The van der Waals surface area contributed by atoms with E-state index >= 15 is 0 Å². The largest absolute Gasteiger partial charge is 0.432 e. The first kappa shape index (κ1) is 12.5. The van der Waals surface area contributed by atoms with Gasteiger partial charge in [0.05, 0.1) is 18.8 Å². The molecule has 0 amide bonds. The molecule has 17 heavy (non-hydrogen) atoms. The van der Waals surface area contributed by atoms with Gasteiger partial charge in [0, 0.05) is 5.69 Å². The maximum absolute atomic E-state index is 12.7. The lowest BCUT2D eigenvalue weighted by atomic mass is 10.1. The topological polar surface area (TPSA) is 73.6 Å². The van der Waals surface area contributed by atoms with Crippen LogP contribution in [0.4, 0.5) is 10.1 Å². The minimum atomic E-state index is -3.38. The van der Waals surface area contributed by atoms with Crippen LogP contribution < -0.4 is 10.8 Å². The molecule has 94 valence electrons. The lowest BCUT2D eigenvalue weighted by molar-refractivity contribution is 0.0835. The predicted molar refractivity (Wildman–Crippen MR) is 62.1 cm³/mol. The molecule has 0 spiro atoms. The van der Waals surface area contributed by atoms with Gasteiger partial charge in [0.2, 0.25) is 0 Å². The Morgan fingerprint density at radius 3 is 2.41 bits per heavy atom. The summed E-state index contributed by atoms with van der Waals surface area (Å²) in [7, 11) is -3.38. The molecule has 0 aliphatic carbocycles. The van der Waals surface area contributed by atoms with Gasteiger partial charge in [-0.3, -0.25) is 14.1 Å². The van der Waals surface area contributed by atoms with Crippen LogP contribution in [0.2, 0.25) is 0 Å². The smallest absolute Gasteiger partial charge is 0.321 e. The summed E-state index contributed by atoms with van der Waals surface area (Å²) in [6, 6.07) is 5.42. The van der Waals surface area contributed by atoms with Crippen LogP contribution in [0.15, 0.2) is 24.3 Å². The summed E-state index contributed by atoms with van der Waals surface area (Å²) < 4.78 is 35.0. The molecule has 0 saturated carbocycles. The highest BCUT2D eigenvalue weighted by atomic mass is 31.2. The maximum atomic E-state index is 12.7. The van der Waals surface area contributed by atoms with E-state index in [-0.39, 0.29) is 19.0 Å². The van der Waals surface area contributed by atoms with Gasteiger partial charge in [0.1, 0.15) is 5.82 Å². The Labute approximate surface area is 98.7 Å². The van der Waals surface area contributed by atoms with Crippen LogP contribution in [0.3, 0.4) is 0 Å². The number of hydrogen-bond donors (Lipinski definition) is 2. The van der Waals surface area contributed by atoms with Crippen molar-refractivity contribution in [1.82, 2.24) is 0 Å². The first-order valence-electron chi connectivity index (χ1n) is 5.10. The molecule has 1 heterocycles. The molecule has 1 aromatic rings. The Morgan fingerprint density at radius 1 is 1.35 bits per heavy atom. The summed E-state index contributed by atoms with van der Waals surface area (Å²) in [5.41, 5.74) is 5.59. The van der Waals surface area contributed by atoms with Crippen molar-refractivity contribution < 1.29 is 18.0 Å². The summed E-state index contributed by atoms with van der Waals surface area (Å²) in [5.74, 6) is -0.367. The molecule has 1 saturated heterocycles. The van der Waals surface area contributed by atoms with Gasteiger partial charge in [0.25, 0.3) is 0 Å². The second-order valence-corrected chi connectivity index (χ2v) is 6.05. The van der Waals surface area contributed by atoms with Crippen molar-refractivity contribution in [2.75, 3.05) is 18.3 Å². The van der Waals surface area contributed by atoms with E-state index in [4.69, 9.17) is 14.8 Å². The second kappa shape index (κ2) is 4.38. The van der Waals surface area contributed by atoms with Gasteiger partial charge in [-0.2, -0.15) is 0 Å². The minimum Gasteiger partial charge on any atom is -0.321 e. The van der Waals surface area contributed by atoms with Crippen LogP contribution >= 0.6 is 7.75 Å². The van der Waals surface area contributed by atoms with Crippen LogP contribution in [-0.4, -0.2) is 18.8 Å². The number of benzene rings is 1. The van der Waals surface area contributed by atoms with E-state index in [0.29, 0.717) is 5.69 Å². The van der Waals surface area contributed by atoms with Crippen LogP contribution in [0.1, 0.15) is 6.92 Å². The lowest BCUT2D eigenvalue weighted by Crippen LogP contribution is -2.48. The van der Waals surface area contributed by atoms with E-state index < -0.39 is 13.3 Å². The van der Waals surface area contributed by atoms with Crippen LogP contribution in [0, 0.1) is 5.82 Å². The molecule has 0 unspecified atom stereocenters. The third-order valence-electron chi connectivity index (χ3n) is 2.24. The lowest BCUT2D eigenvalue weighted by Gasteiger charge is -2.33. The van der Waals surface area contributed by atoms with Gasteiger partial charge >= 0.3 is 7.75 Å². The van der Waals surface area contributed by atoms with E-state index in [1.54, 1.807) is 6.92 Å². The fourth-order valence-electron chi connectivity index (χ4n) is 1.29. The Hall–Kier alpha value is -0.940. The fourth-order valence-corrected chi connectivity index (χ4v) is 2.89. The zero-order valence-corrected chi connectivity index (χ0v) is 10.2. The second-order valence-electron chi connectivity index (χ2n) is 4.32.